The second kappa shape index (κ2) is 10.6. The Morgan fingerprint density at radius 1 is 1.29 bits per heavy atom. The number of aliphatic hydroxyl groups is 1. The molecule has 1 aromatic carbocycles. The van der Waals surface area contributed by atoms with Gasteiger partial charge in [0.25, 0.3) is 0 Å². The molecule has 0 spiro atoms. The van der Waals surface area contributed by atoms with Crippen LogP contribution in [-0.4, -0.2) is 57.1 Å². The van der Waals surface area contributed by atoms with Gasteiger partial charge in [-0.2, -0.15) is 0 Å². The molecule has 0 bridgehead atoms. The maximum Gasteiger partial charge on any atom is 0.123 e. The van der Waals surface area contributed by atoms with Crippen LogP contribution in [0, 0.1) is 0 Å². The normalized spacial score (nSPS) is 11.1. The number of nitrogens with one attached hydrogen (secondary N) is 1. The highest BCUT2D eigenvalue weighted by atomic mass is 16.5. The van der Waals surface area contributed by atoms with E-state index in [4.69, 9.17) is 14.6 Å². The molecule has 0 aromatic heterocycles. The van der Waals surface area contributed by atoms with E-state index in [2.05, 4.69) is 35.3 Å². The Bertz CT molecular complexity index is 399. The maximum atomic E-state index is 9.05. The second-order valence-corrected chi connectivity index (χ2v) is 4.91. The predicted molar refractivity (Wildman–Crippen MR) is 84.6 cm³/mol. The Hall–Kier alpha value is -1.14. The third kappa shape index (κ3) is 6.44. The van der Waals surface area contributed by atoms with Gasteiger partial charge in [-0.1, -0.05) is 19.1 Å². The van der Waals surface area contributed by atoms with E-state index in [0.29, 0.717) is 13.2 Å². The maximum absolute atomic E-state index is 9.05. The Morgan fingerprint density at radius 2 is 2.10 bits per heavy atom. The zero-order chi connectivity index (χ0) is 15.5. The lowest BCUT2D eigenvalue weighted by Crippen LogP contribution is -2.26. The average molecular weight is 296 g/mol. The fourth-order valence-corrected chi connectivity index (χ4v) is 2.18. The van der Waals surface area contributed by atoms with Crippen LogP contribution < -0.4 is 10.1 Å². The van der Waals surface area contributed by atoms with E-state index in [0.717, 1.165) is 37.5 Å². The summed E-state index contributed by atoms with van der Waals surface area (Å²) in [4.78, 5) is 2.20. The lowest BCUT2D eigenvalue weighted by molar-refractivity contribution is 0.196. The molecule has 0 radical (unpaired) electrons. The van der Waals surface area contributed by atoms with E-state index >= 15 is 0 Å². The van der Waals surface area contributed by atoms with Gasteiger partial charge in [0, 0.05) is 38.9 Å². The number of ether oxygens (including phenoxy) is 2. The Balaban J connectivity index is 2.64. The summed E-state index contributed by atoms with van der Waals surface area (Å²) >= 11 is 0. The molecular formula is C16H28N2O3. The SMILES string of the molecule is CCN(CCO)Cc1ccc(CNCCOC)c(OC)c1. The number of benzene rings is 1. The standard InChI is InChI=1S/C16H28N2O3/c1-4-18(8-9-19)13-14-5-6-15(16(11-14)21-3)12-17-7-10-20-2/h5-6,11,17,19H,4,7-10,12-13H2,1-3H3. The quantitative estimate of drug-likeness (QED) is 0.602. The molecule has 1 aromatic rings. The second-order valence-electron chi connectivity index (χ2n) is 4.91. The smallest absolute Gasteiger partial charge is 0.123 e. The molecule has 0 saturated heterocycles. The monoisotopic (exact) mass is 296 g/mol. The van der Waals surface area contributed by atoms with Crippen LogP contribution in [0.1, 0.15) is 18.1 Å². The number of likely N-dealkylation sites (N-methyl/N-ethyl adjacent to an activating group) is 1. The van der Waals surface area contributed by atoms with Crippen molar-refractivity contribution in [3.8, 4) is 5.75 Å². The molecule has 0 aliphatic heterocycles. The van der Waals surface area contributed by atoms with Gasteiger partial charge in [-0.05, 0) is 18.2 Å². The first kappa shape index (κ1) is 17.9. The Morgan fingerprint density at radius 3 is 2.71 bits per heavy atom. The largest absolute Gasteiger partial charge is 0.496 e. The Labute approximate surface area is 127 Å². The molecule has 0 saturated carbocycles. The van der Waals surface area contributed by atoms with Gasteiger partial charge in [-0.25, -0.2) is 0 Å². The summed E-state index contributed by atoms with van der Waals surface area (Å²) in [6.07, 6.45) is 0. The molecule has 21 heavy (non-hydrogen) atoms. The van der Waals surface area contributed by atoms with Gasteiger partial charge in [0.2, 0.25) is 0 Å². The highest BCUT2D eigenvalue weighted by Crippen LogP contribution is 2.21. The number of aliphatic hydroxyl groups excluding tert-OH is 1. The molecule has 0 aliphatic rings. The first-order chi connectivity index (χ1) is 10.2. The zero-order valence-corrected chi connectivity index (χ0v) is 13.4. The molecule has 0 fully saturated rings. The van der Waals surface area contributed by atoms with E-state index < -0.39 is 0 Å². The van der Waals surface area contributed by atoms with Crippen molar-refractivity contribution >= 4 is 0 Å². The third-order valence-corrected chi connectivity index (χ3v) is 3.42. The summed E-state index contributed by atoms with van der Waals surface area (Å²) in [5.41, 5.74) is 2.34. The molecule has 5 heteroatoms. The molecule has 2 N–H and O–H groups in total. The lowest BCUT2D eigenvalue weighted by atomic mass is 10.1. The minimum absolute atomic E-state index is 0.187. The van der Waals surface area contributed by atoms with Crippen molar-refractivity contribution in [2.24, 2.45) is 0 Å². The summed E-state index contributed by atoms with van der Waals surface area (Å²) in [6, 6.07) is 6.30. The fraction of sp³-hybridized carbons (Fsp3) is 0.625. The number of hydrogen-bond acceptors (Lipinski definition) is 5. The summed E-state index contributed by atoms with van der Waals surface area (Å²) < 4.78 is 10.5. The zero-order valence-electron chi connectivity index (χ0n) is 13.4. The highest BCUT2D eigenvalue weighted by molar-refractivity contribution is 5.37. The molecule has 0 heterocycles. The topological polar surface area (TPSA) is 54.0 Å². The highest BCUT2D eigenvalue weighted by Gasteiger charge is 2.07. The van der Waals surface area contributed by atoms with E-state index in [-0.39, 0.29) is 6.61 Å². The van der Waals surface area contributed by atoms with Crippen LogP contribution in [0.3, 0.4) is 0 Å². The van der Waals surface area contributed by atoms with E-state index in [1.807, 2.05) is 0 Å². The van der Waals surface area contributed by atoms with Crippen molar-refractivity contribution in [2.75, 3.05) is 47.1 Å². The number of methoxy groups -OCH3 is 2. The average Bonchev–Trinajstić information content (AvgIpc) is 2.51. The van der Waals surface area contributed by atoms with Gasteiger partial charge in [0.1, 0.15) is 5.75 Å². The van der Waals surface area contributed by atoms with E-state index in [1.165, 1.54) is 5.56 Å². The first-order valence-corrected chi connectivity index (χ1v) is 7.43. The molecule has 0 amide bonds. The first-order valence-electron chi connectivity index (χ1n) is 7.43. The minimum atomic E-state index is 0.187. The van der Waals surface area contributed by atoms with Gasteiger partial charge in [0.15, 0.2) is 0 Å². The van der Waals surface area contributed by atoms with Crippen molar-refractivity contribution in [1.82, 2.24) is 10.2 Å². The van der Waals surface area contributed by atoms with Crippen molar-refractivity contribution in [3.05, 3.63) is 29.3 Å². The molecule has 0 aliphatic carbocycles. The van der Waals surface area contributed by atoms with Gasteiger partial charge < -0.3 is 19.9 Å². The van der Waals surface area contributed by atoms with Crippen molar-refractivity contribution in [3.63, 3.8) is 0 Å². The van der Waals surface area contributed by atoms with Crippen LogP contribution in [0.4, 0.5) is 0 Å². The number of rotatable bonds is 11. The molecule has 0 atom stereocenters. The molecular weight excluding hydrogens is 268 g/mol. The predicted octanol–water partition coefficient (Wildman–Crippen LogP) is 1.25. The minimum Gasteiger partial charge on any atom is -0.496 e. The lowest BCUT2D eigenvalue weighted by Gasteiger charge is -2.20. The number of nitrogens with zero attached hydrogens (tertiary/aromatic N) is 1. The molecule has 5 nitrogen and oxygen atoms in total. The van der Waals surface area contributed by atoms with E-state index in [9.17, 15) is 0 Å². The summed E-state index contributed by atoms with van der Waals surface area (Å²) in [6.45, 7) is 7.01. The summed E-state index contributed by atoms with van der Waals surface area (Å²) in [5, 5.41) is 12.4. The van der Waals surface area contributed by atoms with Crippen LogP contribution in [0.2, 0.25) is 0 Å². The molecule has 120 valence electrons. The molecule has 1 rings (SSSR count). The van der Waals surface area contributed by atoms with Crippen molar-refractivity contribution in [2.45, 2.75) is 20.0 Å². The van der Waals surface area contributed by atoms with Gasteiger partial charge in [-0.15, -0.1) is 0 Å². The molecule has 0 unspecified atom stereocenters. The van der Waals surface area contributed by atoms with Gasteiger partial charge in [-0.3, -0.25) is 4.90 Å². The van der Waals surface area contributed by atoms with Gasteiger partial charge in [0.05, 0.1) is 20.3 Å². The van der Waals surface area contributed by atoms with Crippen LogP contribution in [-0.2, 0) is 17.8 Å². The van der Waals surface area contributed by atoms with Crippen LogP contribution >= 0.6 is 0 Å². The van der Waals surface area contributed by atoms with E-state index in [1.54, 1.807) is 14.2 Å². The third-order valence-electron chi connectivity index (χ3n) is 3.42. The van der Waals surface area contributed by atoms with Crippen molar-refractivity contribution in [1.29, 1.82) is 0 Å². The van der Waals surface area contributed by atoms with Crippen molar-refractivity contribution < 1.29 is 14.6 Å². The summed E-state index contributed by atoms with van der Waals surface area (Å²) in [7, 11) is 3.39. The Kier molecular flexibility index (Phi) is 9.01. The van der Waals surface area contributed by atoms with Crippen LogP contribution in [0.15, 0.2) is 18.2 Å². The summed E-state index contributed by atoms with van der Waals surface area (Å²) in [5.74, 6) is 0.900. The number of hydrogen-bond donors (Lipinski definition) is 2. The van der Waals surface area contributed by atoms with Crippen LogP contribution in [0.25, 0.3) is 0 Å². The fourth-order valence-electron chi connectivity index (χ4n) is 2.18. The van der Waals surface area contributed by atoms with Crippen LogP contribution in [0.5, 0.6) is 5.75 Å². The van der Waals surface area contributed by atoms with Gasteiger partial charge >= 0.3 is 0 Å².